The zero-order valence-corrected chi connectivity index (χ0v) is 13.1. The second kappa shape index (κ2) is 5.62. The number of halogens is 1. The molecule has 114 valence electrons. The Morgan fingerprint density at radius 2 is 2.33 bits per heavy atom. The molecule has 1 aromatic carbocycles. The largest absolute Gasteiger partial charge is 0.396 e. The molecule has 2 saturated carbocycles. The lowest BCUT2D eigenvalue weighted by molar-refractivity contribution is -0.124. The van der Waals surface area contributed by atoms with Crippen molar-refractivity contribution in [1.29, 1.82) is 0 Å². The summed E-state index contributed by atoms with van der Waals surface area (Å²) >= 11 is 6.01. The van der Waals surface area contributed by atoms with E-state index >= 15 is 0 Å². The molecule has 21 heavy (non-hydrogen) atoms. The van der Waals surface area contributed by atoms with E-state index in [2.05, 4.69) is 12.2 Å². The average Bonchev–Trinajstić information content (AvgIpc) is 3.19. The van der Waals surface area contributed by atoms with Crippen LogP contribution in [0.5, 0.6) is 0 Å². The summed E-state index contributed by atoms with van der Waals surface area (Å²) in [5.74, 6) is 0.490. The molecule has 1 aromatic rings. The molecule has 4 unspecified atom stereocenters. The smallest absolute Gasteiger partial charge is 0.223 e. The Labute approximate surface area is 130 Å². The maximum absolute atomic E-state index is 12.4. The molecular weight excluding hydrogens is 286 g/mol. The highest BCUT2D eigenvalue weighted by atomic mass is 35.5. The second-order valence-electron chi connectivity index (χ2n) is 6.77. The van der Waals surface area contributed by atoms with E-state index in [-0.39, 0.29) is 29.9 Å². The lowest BCUT2D eigenvalue weighted by Gasteiger charge is -2.30. The predicted octanol–water partition coefficient (Wildman–Crippen LogP) is 3.11. The normalized spacial score (nSPS) is 34.7. The van der Waals surface area contributed by atoms with Crippen LogP contribution in [-0.2, 0) is 4.79 Å². The Balaban J connectivity index is 1.61. The maximum atomic E-state index is 12.4. The first-order valence-corrected chi connectivity index (χ1v) is 8.08. The van der Waals surface area contributed by atoms with Crippen molar-refractivity contribution in [1.82, 2.24) is 5.32 Å². The molecule has 2 fully saturated rings. The van der Waals surface area contributed by atoms with Crippen LogP contribution in [0.25, 0.3) is 0 Å². The summed E-state index contributed by atoms with van der Waals surface area (Å²) < 4.78 is 0. The number of carbonyl (C=O) groups is 1. The van der Waals surface area contributed by atoms with Gasteiger partial charge in [-0.05, 0) is 42.9 Å². The Bertz CT molecular complexity index is 547. The molecule has 4 heteroatoms. The predicted molar refractivity (Wildman–Crippen MR) is 83.3 cm³/mol. The van der Waals surface area contributed by atoms with Crippen molar-refractivity contribution in [3.8, 4) is 0 Å². The van der Waals surface area contributed by atoms with Gasteiger partial charge in [0.25, 0.3) is 0 Å². The van der Waals surface area contributed by atoms with E-state index in [0.29, 0.717) is 5.92 Å². The number of amides is 1. The molecule has 0 bridgehead atoms. The third kappa shape index (κ3) is 2.95. The van der Waals surface area contributed by atoms with E-state index in [9.17, 15) is 9.90 Å². The molecule has 0 spiro atoms. The number of hydrogen-bond acceptors (Lipinski definition) is 2. The van der Waals surface area contributed by atoms with Crippen LogP contribution in [0.4, 0.5) is 0 Å². The van der Waals surface area contributed by atoms with Gasteiger partial charge in [0, 0.05) is 22.4 Å². The third-order valence-corrected chi connectivity index (χ3v) is 5.40. The van der Waals surface area contributed by atoms with Crippen LogP contribution < -0.4 is 5.32 Å². The van der Waals surface area contributed by atoms with Gasteiger partial charge in [0.2, 0.25) is 5.91 Å². The van der Waals surface area contributed by atoms with E-state index < -0.39 is 0 Å². The molecule has 4 atom stereocenters. The highest BCUT2D eigenvalue weighted by Crippen LogP contribution is 2.48. The summed E-state index contributed by atoms with van der Waals surface area (Å²) in [7, 11) is 0. The Morgan fingerprint density at radius 1 is 1.52 bits per heavy atom. The Kier molecular flexibility index (Phi) is 3.98. The molecule has 0 aliphatic heterocycles. The van der Waals surface area contributed by atoms with Gasteiger partial charge in [-0.25, -0.2) is 0 Å². The number of nitrogens with one attached hydrogen (secondary N) is 1. The first kappa shape index (κ1) is 14.9. The molecular formula is C17H22ClNO2. The number of hydrogen-bond donors (Lipinski definition) is 2. The zero-order valence-electron chi connectivity index (χ0n) is 12.3. The van der Waals surface area contributed by atoms with Gasteiger partial charge < -0.3 is 10.4 Å². The van der Waals surface area contributed by atoms with Gasteiger partial charge in [0.05, 0.1) is 6.61 Å². The maximum Gasteiger partial charge on any atom is 0.223 e. The summed E-state index contributed by atoms with van der Waals surface area (Å²) in [6.07, 6.45) is 3.92. The van der Waals surface area contributed by atoms with Gasteiger partial charge in [0.15, 0.2) is 0 Å². The number of benzene rings is 1. The molecule has 2 N–H and O–H groups in total. The minimum absolute atomic E-state index is 0.0620. The van der Waals surface area contributed by atoms with E-state index in [1.165, 1.54) is 0 Å². The SMILES string of the molecule is CC1(CO)CCCC1NC(=O)C1CC1c1cccc(Cl)c1. The van der Waals surface area contributed by atoms with Crippen LogP contribution in [0.3, 0.4) is 0 Å². The molecule has 0 heterocycles. The Hall–Kier alpha value is -1.06. The van der Waals surface area contributed by atoms with Gasteiger partial charge in [-0.2, -0.15) is 0 Å². The quantitative estimate of drug-likeness (QED) is 0.898. The fraction of sp³-hybridized carbons (Fsp3) is 0.588. The van der Waals surface area contributed by atoms with Crippen LogP contribution in [0.2, 0.25) is 5.02 Å². The minimum Gasteiger partial charge on any atom is -0.396 e. The van der Waals surface area contributed by atoms with Crippen molar-refractivity contribution >= 4 is 17.5 Å². The zero-order chi connectivity index (χ0) is 15.0. The molecule has 0 saturated heterocycles. The topological polar surface area (TPSA) is 49.3 Å². The summed E-state index contributed by atoms with van der Waals surface area (Å²) in [5.41, 5.74) is 0.995. The van der Waals surface area contributed by atoms with Crippen molar-refractivity contribution in [2.75, 3.05) is 6.61 Å². The van der Waals surface area contributed by atoms with Gasteiger partial charge in [-0.15, -0.1) is 0 Å². The number of aliphatic hydroxyl groups is 1. The van der Waals surface area contributed by atoms with E-state index in [0.717, 1.165) is 36.3 Å². The van der Waals surface area contributed by atoms with Crippen molar-refractivity contribution in [2.24, 2.45) is 11.3 Å². The van der Waals surface area contributed by atoms with Crippen LogP contribution in [0, 0.1) is 11.3 Å². The summed E-state index contributed by atoms with van der Waals surface area (Å²) in [6, 6.07) is 7.89. The lowest BCUT2D eigenvalue weighted by Crippen LogP contribution is -2.45. The average molecular weight is 308 g/mol. The van der Waals surface area contributed by atoms with E-state index in [1.54, 1.807) is 0 Å². The molecule has 3 rings (SSSR count). The molecule has 2 aliphatic carbocycles. The third-order valence-electron chi connectivity index (χ3n) is 5.16. The van der Waals surface area contributed by atoms with Crippen LogP contribution >= 0.6 is 11.6 Å². The van der Waals surface area contributed by atoms with Crippen molar-refractivity contribution in [3.05, 3.63) is 34.9 Å². The van der Waals surface area contributed by atoms with Crippen molar-refractivity contribution in [3.63, 3.8) is 0 Å². The van der Waals surface area contributed by atoms with Gasteiger partial charge >= 0.3 is 0 Å². The number of rotatable bonds is 4. The number of carbonyl (C=O) groups excluding carboxylic acids is 1. The van der Waals surface area contributed by atoms with Crippen LogP contribution in [0.1, 0.15) is 44.1 Å². The monoisotopic (exact) mass is 307 g/mol. The first-order chi connectivity index (χ1) is 10.0. The fourth-order valence-corrected chi connectivity index (χ4v) is 3.74. The summed E-state index contributed by atoms with van der Waals surface area (Å²) in [5, 5.41) is 13.4. The summed E-state index contributed by atoms with van der Waals surface area (Å²) in [6.45, 7) is 2.20. The lowest BCUT2D eigenvalue weighted by atomic mass is 9.85. The van der Waals surface area contributed by atoms with E-state index in [4.69, 9.17) is 11.6 Å². The highest BCUT2D eigenvalue weighted by Gasteiger charge is 2.46. The molecule has 0 radical (unpaired) electrons. The van der Waals surface area contributed by atoms with Crippen molar-refractivity contribution in [2.45, 2.75) is 44.6 Å². The van der Waals surface area contributed by atoms with Crippen LogP contribution in [0.15, 0.2) is 24.3 Å². The van der Waals surface area contributed by atoms with E-state index in [1.807, 2.05) is 24.3 Å². The number of aliphatic hydroxyl groups excluding tert-OH is 1. The Morgan fingerprint density at radius 3 is 3.05 bits per heavy atom. The van der Waals surface area contributed by atoms with Gasteiger partial charge in [0.1, 0.15) is 0 Å². The standard InChI is InChI=1S/C17H22ClNO2/c1-17(10-20)7-3-6-15(17)19-16(21)14-9-13(14)11-4-2-5-12(18)8-11/h2,4-5,8,13-15,20H,3,6-7,9-10H2,1H3,(H,19,21). The van der Waals surface area contributed by atoms with Gasteiger partial charge in [-0.1, -0.05) is 37.1 Å². The molecule has 1 amide bonds. The minimum atomic E-state index is -0.157. The first-order valence-electron chi connectivity index (χ1n) is 7.70. The summed E-state index contributed by atoms with van der Waals surface area (Å²) in [4.78, 5) is 12.4. The van der Waals surface area contributed by atoms with Crippen LogP contribution in [-0.4, -0.2) is 23.7 Å². The van der Waals surface area contributed by atoms with Crippen molar-refractivity contribution < 1.29 is 9.90 Å². The molecule has 0 aromatic heterocycles. The second-order valence-corrected chi connectivity index (χ2v) is 7.21. The fourth-order valence-electron chi connectivity index (χ4n) is 3.54. The molecule has 3 nitrogen and oxygen atoms in total. The highest BCUT2D eigenvalue weighted by molar-refractivity contribution is 6.30. The van der Waals surface area contributed by atoms with Gasteiger partial charge in [-0.3, -0.25) is 4.79 Å². The molecule has 2 aliphatic rings.